The van der Waals surface area contributed by atoms with Crippen LogP contribution in [0.5, 0.6) is 11.5 Å². The van der Waals surface area contributed by atoms with Gasteiger partial charge in [0.1, 0.15) is 23.9 Å². The Morgan fingerprint density at radius 1 is 0.953 bits per heavy atom. The minimum atomic E-state index is -0.652. The van der Waals surface area contributed by atoms with Crippen LogP contribution in [0.3, 0.4) is 0 Å². The second kappa shape index (κ2) is 13.2. The largest absolute Gasteiger partial charge is 0.493 e. The summed E-state index contributed by atoms with van der Waals surface area (Å²) in [7, 11) is 1.32. The minimum absolute atomic E-state index is 0.0326. The molecule has 9 heteroatoms. The van der Waals surface area contributed by atoms with E-state index in [1.54, 1.807) is 54.6 Å². The lowest BCUT2D eigenvalue weighted by Crippen LogP contribution is -2.32. The molecule has 43 heavy (non-hydrogen) atoms. The third-order valence-corrected chi connectivity index (χ3v) is 7.20. The van der Waals surface area contributed by atoms with Gasteiger partial charge in [0.05, 0.1) is 32.6 Å². The SMILES string of the molecule is COC(=O)Cc1ccccc1OCc1cc(C(=O)NC2CCOc3ccccc32)cc(-c2cccc(CC(N)=O)c2F)c1. The van der Waals surface area contributed by atoms with Crippen molar-refractivity contribution in [2.45, 2.75) is 31.9 Å². The van der Waals surface area contributed by atoms with Gasteiger partial charge in [-0.3, -0.25) is 14.4 Å². The molecule has 3 N–H and O–H groups in total. The van der Waals surface area contributed by atoms with E-state index in [-0.39, 0.29) is 42.5 Å². The Bertz CT molecular complexity index is 1670. The van der Waals surface area contributed by atoms with Crippen molar-refractivity contribution >= 4 is 17.8 Å². The molecule has 4 aromatic carbocycles. The molecule has 8 nitrogen and oxygen atoms in total. The fourth-order valence-corrected chi connectivity index (χ4v) is 5.10. The summed E-state index contributed by atoms with van der Waals surface area (Å²) in [5.74, 6) is -0.783. The van der Waals surface area contributed by atoms with Gasteiger partial charge >= 0.3 is 5.97 Å². The maximum Gasteiger partial charge on any atom is 0.310 e. The number of hydrogen-bond acceptors (Lipinski definition) is 6. The summed E-state index contributed by atoms with van der Waals surface area (Å²) in [6.07, 6.45) is 0.375. The van der Waals surface area contributed by atoms with E-state index in [2.05, 4.69) is 5.32 Å². The molecule has 1 aliphatic rings. The number of halogens is 1. The number of rotatable bonds is 10. The van der Waals surface area contributed by atoms with Crippen molar-refractivity contribution in [3.63, 3.8) is 0 Å². The maximum atomic E-state index is 15.6. The van der Waals surface area contributed by atoms with Crippen molar-refractivity contribution in [3.05, 3.63) is 119 Å². The van der Waals surface area contributed by atoms with Gasteiger partial charge < -0.3 is 25.3 Å². The van der Waals surface area contributed by atoms with Crippen LogP contribution in [0.15, 0.2) is 84.9 Å². The number of primary amides is 1. The Balaban J connectivity index is 1.48. The van der Waals surface area contributed by atoms with Gasteiger partial charge in [-0.05, 0) is 47.0 Å². The molecule has 220 valence electrons. The Hall–Kier alpha value is -5.18. The lowest BCUT2D eigenvalue weighted by molar-refractivity contribution is -0.139. The predicted molar refractivity (Wildman–Crippen MR) is 158 cm³/mol. The Kier molecular flexibility index (Phi) is 9.00. The van der Waals surface area contributed by atoms with Crippen molar-refractivity contribution in [2.75, 3.05) is 13.7 Å². The highest BCUT2D eigenvalue weighted by molar-refractivity contribution is 5.96. The van der Waals surface area contributed by atoms with Gasteiger partial charge in [-0.1, -0.05) is 54.6 Å². The van der Waals surface area contributed by atoms with Crippen LogP contribution in [0.4, 0.5) is 4.39 Å². The summed E-state index contributed by atoms with van der Waals surface area (Å²) in [6.45, 7) is 0.499. The molecule has 0 aromatic heterocycles. The zero-order valence-corrected chi connectivity index (χ0v) is 23.6. The number of carbonyl (C=O) groups excluding carboxylic acids is 3. The number of nitrogens with two attached hydrogens (primary N) is 1. The molecule has 0 saturated heterocycles. The first-order chi connectivity index (χ1) is 20.8. The number of ether oxygens (including phenoxy) is 3. The Labute approximate surface area is 248 Å². The molecular weight excluding hydrogens is 551 g/mol. The first-order valence-electron chi connectivity index (χ1n) is 13.8. The fraction of sp³-hybridized carbons (Fsp3) is 0.206. The van der Waals surface area contributed by atoms with Crippen molar-refractivity contribution in [1.82, 2.24) is 5.32 Å². The highest BCUT2D eigenvalue weighted by atomic mass is 19.1. The highest BCUT2D eigenvalue weighted by Crippen LogP contribution is 2.33. The molecule has 0 saturated carbocycles. The summed E-state index contributed by atoms with van der Waals surface area (Å²) in [6, 6.07) is 24.2. The third kappa shape index (κ3) is 7.01. The number of hydrogen-bond donors (Lipinski definition) is 2. The van der Waals surface area contributed by atoms with Crippen molar-refractivity contribution in [1.29, 1.82) is 0 Å². The second-order valence-electron chi connectivity index (χ2n) is 10.2. The van der Waals surface area contributed by atoms with Crippen LogP contribution < -0.4 is 20.5 Å². The van der Waals surface area contributed by atoms with E-state index >= 15 is 4.39 Å². The number of methoxy groups -OCH3 is 1. The van der Waals surface area contributed by atoms with Gasteiger partial charge in [-0.25, -0.2) is 4.39 Å². The van der Waals surface area contributed by atoms with E-state index < -0.39 is 17.7 Å². The molecule has 0 fully saturated rings. The number of benzene rings is 4. The topological polar surface area (TPSA) is 117 Å². The summed E-state index contributed by atoms with van der Waals surface area (Å²) in [5.41, 5.74) is 8.58. The van der Waals surface area contributed by atoms with Gasteiger partial charge in [0.15, 0.2) is 0 Å². The third-order valence-electron chi connectivity index (χ3n) is 7.20. The Morgan fingerprint density at radius 2 is 1.72 bits per heavy atom. The molecule has 0 radical (unpaired) electrons. The second-order valence-corrected chi connectivity index (χ2v) is 10.2. The van der Waals surface area contributed by atoms with Crippen LogP contribution in [0.1, 0.15) is 45.1 Å². The molecule has 0 bridgehead atoms. The number of nitrogens with one attached hydrogen (secondary N) is 1. The number of fused-ring (bicyclic) bond motifs is 1. The summed E-state index contributed by atoms with van der Waals surface area (Å²) >= 11 is 0. The van der Waals surface area contributed by atoms with E-state index in [1.807, 2.05) is 24.3 Å². The lowest BCUT2D eigenvalue weighted by Gasteiger charge is -2.26. The quantitative estimate of drug-likeness (QED) is 0.252. The fourth-order valence-electron chi connectivity index (χ4n) is 5.10. The molecule has 1 heterocycles. The monoisotopic (exact) mass is 582 g/mol. The van der Waals surface area contributed by atoms with Crippen LogP contribution in [0.2, 0.25) is 0 Å². The van der Waals surface area contributed by atoms with Crippen molar-refractivity contribution in [2.24, 2.45) is 5.73 Å². The molecule has 0 aliphatic carbocycles. The van der Waals surface area contributed by atoms with E-state index in [0.29, 0.717) is 41.0 Å². The highest BCUT2D eigenvalue weighted by Gasteiger charge is 2.24. The average molecular weight is 583 g/mol. The minimum Gasteiger partial charge on any atom is -0.493 e. The molecule has 4 aromatic rings. The van der Waals surface area contributed by atoms with E-state index in [9.17, 15) is 14.4 Å². The zero-order valence-electron chi connectivity index (χ0n) is 23.6. The molecule has 2 amide bonds. The summed E-state index contributed by atoms with van der Waals surface area (Å²) in [4.78, 5) is 37.1. The molecule has 1 unspecified atom stereocenters. The molecule has 1 aliphatic heterocycles. The average Bonchev–Trinajstić information content (AvgIpc) is 3.01. The number of amides is 2. The summed E-state index contributed by atoms with van der Waals surface area (Å²) in [5, 5.41) is 3.09. The van der Waals surface area contributed by atoms with Crippen LogP contribution in [0.25, 0.3) is 11.1 Å². The van der Waals surface area contributed by atoms with Gasteiger partial charge in [-0.15, -0.1) is 0 Å². The van der Waals surface area contributed by atoms with Gasteiger partial charge in [0, 0.05) is 28.7 Å². The van der Waals surface area contributed by atoms with Crippen molar-refractivity contribution < 1.29 is 33.0 Å². The van der Waals surface area contributed by atoms with Crippen LogP contribution >= 0.6 is 0 Å². The van der Waals surface area contributed by atoms with Crippen molar-refractivity contribution in [3.8, 4) is 22.6 Å². The number of para-hydroxylation sites is 2. The predicted octanol–water partition coefficient (Wildman–Crippen LogP) is 5.07. The first-order valence-corrected chi connectivity index (χ1v) is 13.8. The Morgan fingerprint density at radius 3 is 2.53 bits per heavy atom. The van der Waals surface area contributed by atoms with E-state index in [0.717, 1.165) is 11.3 Å². The molecule has 1 atom stereocenters. The van der Waals surface area contributed by atoms with Crippen LogP contribution in [-0.4, -0.2) is 31.5 Å². The first kappa shape index (κ1) is 29.3. The smallest absolute Gasteiger partial charge is 0.310 e. The maximum absolute atomic E-state index is 15.6. The van der Waals surface area contributed by atoms with Crippen LogP contribution in [0, 0.1) is 5.82 Å². The normalized spacial score (nSPS) is 13.8. The van der Waals surface area contributed by atoms with Gasteiger partial charge in [-0.2, -0.15) is 0 Å². The van der Waals surface area contributed by atoms with E-state index in [4.69, 9.17) is 19.9 Å². The number of carbonyl (C=O) groups is 3. The number of esters is 1. The molecular formula is C34H31FN2O6. The van der Waals surface area contributed by atoms with Crippen LogP contribution in [-0.2, 0) is 33.8 Å². The lowest BCUT2D eigenvalue weighted by atomic mass is 9.96. The molecule has 5 rings (SSSR count). The molecule has 0 spiro atoms. The van der Waals surface area contributed by atoms with Gasteiger partial charge in [0.25, 0.3) is 5.91 Å². The zero-order chi connectivity index (χ0) is 30.3. The standard InChI is InChI=1S/C34H31FN2O6/c1-41-32(39)19-22-7-2-4-11-29(22)43-20-21-15-24(26-10-6-8-23(33(26)35)18-31(36)38)17-25(16-21)34(40)37-28-13-14-42-30-12-5-3-9-27(28)30/h2-12,15-17,28H,13-14,18-20H2,1H3,(H2,36,38)(H,37,40). The van der Waals surface area contributed by atoms with E-state index in [1.165, 1.54) is 13.2 Å². The van der Waals surface area contributed by atoms with Gasteiger partial charge in [0.2, 0.25) is 5.91 Å². The summed E-state index contributed by atoms with van der Waals surface area (Å²) < 4.78 is 32.2.